The molecule has 1 atom stereocenters. The highest BCUT2D eigenvalue weighted by Gasteiger charge is 2.26. The zero-order valence-corrected chi connectivity index (χ0v) is 17.6. The van der Waals surface area contributed by atoms with Gasteiger partial charge in [0, 0.05) is 43.8 Å². The Morgan fingerprint density at radius 1 is 1.29 bits per heavy atom. The van der Waals surface area contributed by atoms with Crippen LogP contribution in [-0.4, -0.2) is 58.7 Å². The molecule has 2 amide bonds. The summed E-state index contributed by atoms with van der Waals surface area (Å²) in [5, 5.41) is 10.9. The zero-order chi connectivity index (χ0) is 22.0. The van der Waals surface area contributed by atoms with E-state index in [1.54, 1.807) is 29.4 Å². The van der Waals surface area contributed by atoms with Gasteiger partial charge in [0.2, 0.25) is 0 Å². The Bertz CT molecular complexity index is 1050. The zero-order valence-electron chi connectivity index (χ0n) is 17.6. The second kappa shape index (κ2) is 8.87. The van der Waals surface area contributed by atoms with Crippen LogP contribution in [0.5, 0.6) is 0 Å². The molecule has 164 valence electrons. The molecule has 4 heterocycles. The highest BCUT2D eigenvalue weighted by Crippen LogP contribution is 2.31. The number of nitrogens with one attached hydrogen (secondary N) is 2. The Labute approximate surface area is 180 Å². The molecule has 4 rings (SSSR count). The second-order valence-electron chi connectivity index (χ2n) is 7.93. The molecular formula is C22H27FN6O2. The number of amides is 2. The monoisotopic (exact) mass is 426 g/mol. The molecular weight excluding hydrogens is 399 g/mol. The largest absolute Gasteiger partial charge is 0.338 e. The van der Waals surface area contributed by atoms with Crippen molar-refractivity contribution in [2.24, 2.45) is 0 Å². The molecule has 31 heavy (non-hydrogen) atoms. The average Bonchev–Trinajstić information content (AvgIpc) is 2.77. The normalized spacial score (nSPS) is 18.5. The maximum Gasteiger partial charge on any atom is 0.327 e. The number of piperidine rings is 1. The van der Waals surface area contributed by atoms with Crippen LogP contribution < -0.4 is 15.7 Å². The number of fused-ring (bicyclic) bond motifs is 1. The number of hydrogen-bond donors (Lipinski definition) is 2. The number of hydrogen-bond acceptors (Lipinski definition) is 5. The van der Waals surface area contributed by atoms with Crippen LogP contribution in [-0.2, 0) is 6.42 Å². The summed E-state index contributed by atoms with van der Waals surface area (Å²) < 4.78 is 15.0. The summed E-state index contributed by atoms with van der Waals surface area (Å²) in [7, 11) is 0. The lowest BCUT2D eigenvalue weighted by atomic mass is 10.0. The lowest BCUT2D eigenvalue weighted by Crippen LogP contribution is -2.41. The third kappa shape index (κ3) is 4.30. The number of alkyl halides is 1. The van der Waals surface area contributed by atoms with E-state index in [2.05, 4.69) is 10.3 Å². The van der Waals surface area contributed by atoms with Crippen molar-refractivity contribution in [1.29, 1.82) is 5.41 Å². The fourth-order valence-corrected chi connectivity index (χ4v) is 4.19. The molecule has 2 aliphatic heterocycles. The van der Waals surface area contributed by atoms with Crippen molar-refractivity contribution in [3.05, 3.63) is 47.2 Å². The van der Waals surface area contributed by atoms with E-state index in [1.807, 2.05) is 17.9 Å². The molecule has 2 N–H and O–H groups in total. The van der Waals surface area contributed by atoms with Crippen molar-refractivity contribution >= 4 is 23.4 Å². The highest BCUT2D eigenvalue weighted by molar-refractivity contribution is 5.94. The molecule has 0 spiro atoms. The van der Waals surface area contributed by atoms with Gasteiger partial charge in [0.25, 0.3) is 5.91 Å². The molecule has 0 saturated carbocycles. The van der Waals surface area contributed by atoms with Crippen molar-refractivity contribution in [2.45, 2.75) is 38.8 Å². The smallest absolute Gasteiger partial charge is 0.327 e. The van der Waals surface area contributed by atoms with Gasteiger partial charge in [-0.05, 0) is 50.3 Å². The second-order valence-corrected chi connectivity index (χ2v) is 7.93. The van der Waals surface area contributed by atoms with Gasteiger partial charge in [-0.15, -0.1) is 0 Å². The van der Waals surface area contributed by atoms with E-state index < -0.39 is 6.17 Å². The summed E-state index contributed by atoms with van der Waals surface area (Å²) >= 11 is 0. The van der Waals surface area contributed by atoms with Crippen LogP contribution in [0.4, 0.5) is 20.7 Å². The number of rotatable bonds is 3. The minimum atomic E-state index is -0.960. The van der Waals surface area contributed by atoms with Crippen LogP contribution in [0.2, 0.25) is 0 Å². The van der Waals surface area contributed by atoms with Gasteiger partial charge in [-0.25, -0.2) is 14.2 Å². The first-order chi connectivity index (χ1) is 15.0. The van der Waals surface area contributed by atoms with Gasteiger partial charge in [-0.1, -0.05) is 0 Å². The van der Waals surface area contributed by atoms with E-state index in [-0.39, 0.29) is 24.0 Å². The predicted octanol–water partition coefficient (Wildman–Crippen LogP) is 2.60. The van der Waals surface area contributed by atoms with E-state index in [4.69, 9.17) is 5.41 Å². The van der Waals surface area contributed by atoms with Crippen LogP contribution in [0, 0.1) is 5.41 Å². The number of aromatic nitrogens is 2. The summed E-state index contributed by atoms with van der Waals surface area (Å²) in [5.41, 5.74) is 2.29. The van der Waals surface area contributed by atoms with Crippen molar-refractivity contribution < 1.29 is 14.0 Å². The van der Waals surface area contributed by atoms with Crippen molar-refractivity contribution in [1.82, 2.24) is 19.8 Å². The Hall–Kier alpha value is -3.23. The molecule has 0 aromatic carbocycles. The highest BCUT2D eigenvalue weighted by atomic mass is 19.1. The van der Waals surface area contributed by atoms with Gasteiger partial charge in [0.15, 0.2) is 0 Å². The number of halogens is 1. The molecule has 1 fully saturated rings. The van der Waals surface area contributed by atoms with Gasteiger partial charge in [-0.3, -0.25) is 14.8 Å². The fourth-order valence-electron chi connectivity index (χ4n) is 4.19. The predicted molar refractivity (Wildman–Crippen MR) is 114 cm³/mol. The third-order valence-electron chi connectivity index (χ3n) is 5.72. The lowest BCUT2D eigenvalue weighted by molar-refractivity contribution is 0.0635. The van der Waals surface area contributed by atoms with E-state index in [0.717, 1.165) is 36.5 Å². The van der Waals surface area contributed by atoms with Crippen LogP contribution in [0.3, 0.4) is 0 Å². The number of anilines is 2. The first-order valence-corrected chi connectivity index (χ1v) is 10.7. The maximum absolute atomic E-state index is 13.7. The lowest BCUT2D eigenvalue weighted by Gasteiger charge is -2.32. The Morgan fingerprint density at radius 2 is 2.13 bits per heavy atom. The summed E-state index contributed by atoms with van der Waals surface area (Å²) in [4.78, 5) is 33.0. The Balaban J connectivity index is 1.59. The van der Waals surface area contributed by atoms with Crippen molar-refractivity contribution in [2.75, 3.05) is 31.1 Å². The molecule has 2 aliphatic rings. The molecule has 8 nitrogen and oxygen atoms in total. The number of carbonyl (C=O) groups is 2. The number of carbonyl (C=O) groups excluding carboxylic acids is 2. The minimum absolute atomic E-state index is 0.0771. The molecule has 2 aromatic heterocycles. The average molecular weight is 426 g/mol. The van der Waals surface area contributed by atoms with Gasteiger partial charge < -0.3 is 15.1 Å². The van der Waals surface area contributed by atoms with Gasteiger partial charge in [0.1, 0.15) is 17.5 Å². The fraction of sp³-hybridized carbons (Fsp3) is 0.455. The van der Waals surface area contributed by atoms with E-state index in [9.17, 15) is 14.0 Å². The maximum atomic E-state index is 13.7. The van der Waals surface area contributed by atoms with Crippen LogP contribution in [0.15, 0.2) is 30.6 Å². The quantitative estimate of drug-likeness (QED) is 0.789. The molecule has 2 aromatic rings. The van der Waals surface area contributed by atoms with E-state index in [1.165, 1.54) is 4.57 Å². The molecule has 9 heteroatoms. The summed E-state index contributed by atoms with van der Waals surface area (Å²) in [6.07, 6.45) is 5.04. The summed E-state index contributed by atoms with van der Waals surface area (Å²) in [5.74, 6) is 0.575. The molecule has 0 radical (unpaired) electrons. The van der Waals surface area contributed by atoms with E-state index >= 15 is 0 Å². The van der Waals surface area contributed by atoms with Gasteiger partial charge in [0.05, 0.1) is 12.1 Å². The number of likely N-dealkylation sites (tertiary alicyclic amines) is 1. The van der Waals surface area contributed by atoms with E-state index in [0.29, 0.717) is 31.5 Å². The molecule has 0 bridgehead atoms. The van der Waals surface area contributed by atoms with Crippen molar-refractivity contribution in [3.8, 4) is 0 Å². The topological polar surface area (TPSA) is 94.3 Å². The van der Waals surface area contributed by atoms with Crippen LogP contribution >= 0.6 is 0 Å². The van der Waals surface area contributed by atoms with Gasteiger partial charge >= 0.3 is 6.03 Å². The third-order valence-corrected chi connectivity index (χ3v) is 5.72. The first-order valence-electron chi connectivity index (χ1n) is 10.7. The number of aryl methyl sites for hydroxylation is 1. The van der Waals surface area contributed by atoms with Crippen LogP contribution in [0.1, 0.15) is 42.1 Å². The molecule has 0 aliphatic carbocycles. The summed E-state index contributed by atoms with van der Waals surface area (Å²) in [6.45, 7) is 3.76. The summed E-state index contributed by atoms with van der Waals surface area (Å²) in [6, 6.07) is 4.95. The van der Waals surface area contributed by atoms with Gasteiger partial charge in [-0.2, -0.15) is 0 Å². The van der Waals surface area contributed by atoms with Crippen LogP contribution in [0.25, 0.3) is 0 Å². The molecule has 1 unspecified atom stereocenters. The Morgan fingerprint density at radius 3 is 2.87 bits per heavy atom. The standard InChI is InChI=1S/C22H27FN6O2/c1-2-25-22(31)29-10-7-18(12-19(29)24)28-9-3-5-15-11-16(13-26-20(15)28)21(30)27-8-4-6-17(23)14-27/h7,10-13,17,24H,2-6,8-9,14H2,1H3,(H,25,31). The minimum Gasteiger partial charge on any atom is -0.338 e. The first kappa shape index (κ1) is 21.0. The number of nitrogens with zero attached hydrogens (tertiary/aromatic N) is 4. The van der Waals surface area contributed by atoms with Crippen molar-refractivity contribution in [3.63, 3.8) is 0 Å². The number of pyridine rings is 2. The SMILES string of the molecule is CCNC(=O)n1ccc(N2CCCc3cc(C(=O)N4CCCC(F)C4)cnc32)cc1=N. The Kier molecular flexibility index (Phi) is 6.01. The molecule has 1 saturated heterocycles.